The molecule has 2 aliphatic rings. The van der Waals surface area contributed by atoms with Crippen LogP contribution in [-0.4, -0.2) is 42.7 Å². The number of likely N-dealkylation sites (tertiary alicyclic amines) is 1. The molecule has 2 aliphatic heterocycles. The Morgan fingerprint density at radius 1 is 1.07 bits per heavy atom. The highest BCUT2D eigenvalue weighted by atomic mass is 32.2. The summed E-state index contributed by atoms with van der Waals surface area (Å²) in [5, 5.41) is 1.76. The van der Waals surface area contributed by atoms with Gasteiger partial charge in [0.2, 0.25) is 5.91 Å². The molecule has 2 aromatic rings. The Morgan fingerprint density at radius 2 is 1.78 bits per heavy atom. The molecule has 1 aromatic heterocycles. The molecule has 0 radical (unpaired) electrons. The summed E-state index contributed by atoms with van der Waals surface area (Å²) in [7, 11) is -3.70. The number of sulfonamides is 1. The molecule has 7 heteroatoms. The summed E-state index contributed by atoms with van der Waals surface area (Å²) in [6.45, 7) is 3.87. The highest BCUT2D eigenvalue weighted by Gasteiger charge is 2.41. The second kappa shape index (κ2) is 7.37. The molecule has 1 atom stereocenters. The zero-order valence-corrected chi connectivity index (χ0v) is 17.0. The van der Waals surface area contributed by atoms with Gasteiger partial charge in [-0.2, -0.15) is 4.31 Å². The molecule has 144 valence electrons. The average Bonchev–Trinajstić information content (AvgIpc) is 3.23. The molecule has 1 aromatic carbocycles. The van der Waals surface area contributed by atoms with Crippen LogP contribution in [0.2, 0.25) is 0 Å². The van der Waals surface area contributed by atoms with Crippen molar-refractivity contribution in [1.29, 1.82) is 0 Å². The van der Waals surface area contributed by atoms with E-state index in [4.69, 9.17) is 0 Å². The lowest BCUT2D eigenvalue weighted by Crippen LogP contribution is -2.54. The second-order valence-electron chi connectivity index (χ2n) is 7.48. The first-order chi connectivity index (χ1) is 13.0. The Labute approximate surface area is 164 Å². The van der Waals surface area contributed by atoms with Gasteiger partial charge in [0.05, 0.1) is 0 Å². The van der Waals surface area contributed by atoms with E-state index >= 15 is 0 Å². The number of carbonyl (C=O) groups excluding carboxylic acids is 1. The van der Waals surface area contributed by atoms with E-state index in [1.165, 1.54) is 15.6 Å². The predicted octanol–water partition coefficient (Wildman–Crippen LogP) is 3.12. The minimum atomic E-state index is -3.70. The fraction of sp³-hybridized carbons (Fsp3) is 0.450. The maximum Gasteiger partial charge on any atom is 0.253 e. The summed E-state index contributed by atoms with van der Waals surface area (Å²) in [4.78, 5) is 15.2. The molecule has 0 spiro atoms. The zero-order chi connectivity index (χ0) is 19.0. The van der Waals surface area contributed by atoms with Crippen LogP contribution in [0, 0.1) is 5.92 Å². The summed E-state index contributed by atoms with van der Waals surface area (Å²) < 4.78 is 28.3. The summed E-state index contributed by atoms with van der Waals surface area (Å²) >= 11 is 1.20. The van der Waals surface area contributed by atoms with Gasteiger partial charge in [-0.25, -0.2) is 8.42 Å². The summed E-state index contributed by atoms with van der Waals surface area (Å²) in [5.74, 6) is 0.559. The minimum Gasteiger partial charge on any atom is -0.341 e. The number of thiophene rings is 1. The topological polar surface area (TPSA) is 57.7 Å². The van der Waals surface area contributed by atoms with Crippen molar-refractivity contribution in [3.05, 3.63) is 52.9 Å². The maximum absolute atomic E-state index is 13.3. The van der Waals surface area contributed by atoms with Crippen LogP contribution in [0.25, 0.3) is 0 Å². The van der Waals surface area contributed by atoms with Gasteiger partial charge in [-0.05, 0) is 47.8 Å². The molecule has 0 N–H and O–H groups in total. The normalized spacial score (nSPS) is 21.8. The molecule has 0 aliphatic carbocycles. The van der Waals surface area contributed by atoms with Crippen molar-refractivity contribution in [1.82, 2.24) is 9.21 Å². The van der Waals surface area contributed by atoms with Crippen LogP contribution in [0.3, 0.4) is 0 Å². The summed E-state index contributed by atoms with van der Waals surface area (Å²) in [5.41, 5.74) is 2.05. The van der Waals surface area contributed by atoms with Crippen LogP contribution < -0.4 is 0 Å². The lowest BCUT2D eigenvalue weighted by Gasteiger charge is -2.39. The average molecular weight is 405 g/mol. The van der Waals surface area contributed by atoms with Gasteiger partial charge in [-0.3, -0.25) is 4.79 Å². The fourth-order valence-electron chi connectivity index (χ4n) is 3.93. The predicted molar refractivity (Wildman–Crippen MR) is 106 cm³/mol. The van der Waals surface area contributed by atoms with Crippen molar-refractivity contribution in [2.75, 3.05) is 13.1 Å². The number of amides is 1. The molecule has 5 nitrogen and oxygen atoms in total. The van der Waals surface area contributed by atoms with Crippen molar-refractivity contribution in [2.45, 2.75) is 43.0 Å². The number of carbonyl (C=O) groups is 1. The zero-order valence-electron chi connectivity index (χ0n) is 15.4. The Bertz CT molecular complexity index is 916. The van der Waals surface area contributed by atoms with E-state index < -0.39 is 16.1 Å². The van der Waals surface area contributed by atoms with Gasteiger partial charge < -0.3 is 4.90 Å². The molecule has 1 saturated heterocycles. The molecule has 1 fully saturated rings. The van der Waals surface area contributed by atoms with Crippen LogP contribution in [0.4, 0.5) is 0 Å². The lowest BCUT2D eigenvalue weighted by atomic mass is 9.93. The van der Waals surface area contributed by atoms with E-state index in [0.29, 0.717) is 29.6 Å². The number of hydrogen-bond donors (Lipinski definition) is 0. The SMILES string of the molecule is CC1CCN(C(=O)C2Cc3ccccc3CN2S(=O)(=O)c2cccs2)CC1. The van der Waals surface area contributed by atoms with E-state index in [0.717, 1.165) is 24.0 Å². The van der Waals surface area contributed by atoms with E-state index in [9.17, 15) is 13.2 Å². The summed E-state index contributed by atoms with van der Waals surface area (Å²) in [6.07, 6.45) is 2.39. The monoisotopic (exact) mass is 404 g/mol. The largest absolute Gasteiger partial charge is 0.341 e. The van der Waals surface area contributed by atoms with E-state index in [1.807, 2.05) is 29.2 Å². The standard InChI is InChI=1S/C20H24N2O3S2/c1-15-8-10-21(11-9-15)20(23)18-13-16-5-2-3-6-17(16)14-22(18)27(24,25)19-7-4-12-26-19/h2-7,12,15,18H,8-11,13-14H2,1H3. The molecule has 4 rings (SSSR count). The van der Waals surface area contributed by atoms with Crippen molar-refractivity contribution in [2.24, 2.45) is 5.92 Å². The number of piperidine rings is 1. The third kappa shape index (κ3) is 3.56. The Balaban J connectivity index is 1.69. The fourth-order valence-corrected chi connectivity index (χ4v) is 6.61. The molecule has 0 saturated carbocycles. The molecule has 27 heavy (non-hydrogen) atoms. The first-order valence-corrected chi connectivity index (χ1v) is 11.7. The van der Waals surface area contributed by atoms with Crippen LogP contribution in [0.15, 0.2) is 46.0 Å². The van der Waals surface area contributed by atoms with Gasteiger partial charge in [-0.1, -0.05) is 37.3 Å². The molecule has 0 bridgehead atoms. The van der Waals surface area contributed by atoms with Crippen molar-refractivity contribution in [3.8, 4) is 0 Å². The molecular weight excluding hydrogens is 380 g/mol. The van der Waals surface area contributed by atoms with Gasteiger partial charge in [0, 0.05) is 19.6 Å². The first-order valence-electron chi connectivity index (χ1n) is 9.38. The van der Waals surface area contributed by atoms with Crippen LogP contribution in [0.5, 0.6) is 0 Å². The van der Waals surface area contributed by atoms with Crippen LogP contribution in [0.1, 0.15) is 30.9 Å². The maximum atomic E-state index is 13.3. The van der Waals surface area contributed by atoms with Crippen molar-refractivity contribution in [3.63, 3.8) is 0 Å². The van der Waals surface area contributed by atoms with Crippen LogP contribution in [-0.2, 0) is 27.8 Å². The van der Waals surface area contributed by atoms with Gasteiger partial charge in [0.25, 0.3) is 10.0 Å². The molecule has 1 unspecified atom stereocenters. The highest BCUT2D eigenvalue weighted by molar-refractivity contribution is 7.91. The third-order valence-corrected chi connectivity index (χ3v) is 8.87. The van der Waals surface area contributed by atoms with E-state index in [2.05, 4.69) is 6.92 Å². The number of nitrogens with zero attached hydrogens (tertiary/aromatic N) is 2. The lowest BCUT2D eigenvalue weighted by molar-refractivity contribution is -0.137. The number of rotatable bonds is 3. The molecule has 3 heterocycles. The molecular formula is C20H24N2O3S2. The van der Waals surface area contributed by atoms with Crippen LogP contribution >= 0.6 is 11.3 Å². The quantitative estimate of drug-likeness (QED) is 0.790. The van der Waals surface area contributed by atoms with Gasteiger partial charge in [-0.15, -0.1) is 11.3 Å². The number of fused-ring (bicyclic) bond motifs is 1. The minimum absolute atomic E-state index is 0.0588. The Hall–Kier alpha value is -1.70. The third-order valence-electron chi connectivity index (χ3n) is 5.64. The van der Waals surface area contributed by atoms with Gasteiger partial charge in [0.1, 0.15) is 10.3 Å². The van der Waals surface area contributed by atoms with Gasteiger partial charge in [0.15, 0.2) is 0 Å². The number of hydrogen-bond acceptors (Lipinski definition) is 4. The summed E-state index contributed by atoms with van der Waals surface area (Å²) in [6, 6.07) is 10.5. The van der Waals surface area contributed by atoms with Gasteiger partial charge >= 0.3 is 0 Å². The highest BCUT2D eigenvalue weighted by Crippen LogP contribution is 2.32. The molecule has 1 amide bonds. The second-order valence-corrected chi connectivity index (χ2v) is 10.5. The van der Waals surface area contributed by atoms with E-state index in [1.54, 1.807) is 17.5 Å². The smallest absolute Gasteiger partial charge is 0.253 e. The number of benzene rings is 1. The van der Waals surface area contributed by atoms with Crippen molar-refractivity contribution >= 4 is 27.3 Å². The Kier molecular flexibility index (Phi) is 5.09. The Morgan fingerprint density at radius 3 is 2.44 bits per heavy atom. The van der Waals surface area contributed by atoms with Crippen molar-refractivity contribution < 1.29 is 13.2 Å². The first kappa shape index (κ1) is 18.7. The van der Waals surface area contributed by atoms with E-state index in [-0.39, 0.29) is 12.5 Å².